The predicted octanol–water partition coefficient (Wildman–Crippen LogP) is 2.36. The highest BCUT2D eigenvalue weighted by Gasteiger charge is 2.19. The number of hydrogen-bond acceptors (Lipinski definition) is 1. The topological polar surface area (TPSA) is 12.0 Å². The first-order chi connectivity index (χ1) is 5.45. The van der Waals surface area contributed by atoms with Crippen LogP contribution in [0.15, 0.2) is 30.3 Å². The van der Waals surface area contributed by atoms with Gasteiger partial charge in [0.2, 0.25) is 0 Å². The van der Waals surface area contributed by atoms with E-state index in [1.54, 1.807) is 0 Å². The smallest absolute Gasteiger partial charge is 0.0208 e. The minimum absolute atomic E-state index is 0. The molecule has 12 heavy (non-hydrogen) atoms. The van der Waals surface area contributed by atoms with Crippen molar-refractivity contribution in [1.29, 1.82) is 0 Å². The summed E-state index contributed by atoms with van der Waals surface area (Å²) in [7, 11) is 0. The molecule has 2 heteroatoms. The van der Waals surface area contributed by atoms with Crippen molar-refractivity contribution in [2.75, 3.05) is 0 Å². The highest BCUT2D eigenvalue weighted by molar-refractivity contribution is 5.85. The molecule has 0 aliphatic heterocycles. The summed E-state index contributed by atoms with van der Waals surface area (Å²) in [6, 6.07) is 11.4. The van der Waals surface area contributed by atoms with Crippen LogP contribution in [0, 0.1) is 0 Å². The van der Waals surface area contributed by atoms with Gasteiger partial charge in [0.15, 0.2) is 0 Å². The summed E-state index contributed by atoms with van der Waals surface area (Å²) in [5.74, 6) is 0. The molecule has 2 rings (SSSR count). The molecular weight excluding hydrogens is 170 g/mol. The van der Waals surface area contributed by atoms with E-state index >= 15 is 0 Å². The lowest BCUT2D eigenvalue weighted by Gasteiger charge is -2.00. The average molecular weight is 184 g/mol. The van der Waals surface area contributed by atoms with E-state index < -0.39 is 0 Å². The third-order valence-corrected chi connectivity index (χ3v) is 2.02. The zero-order valence-electron chi connectivity index (χ0n) is 6.99. The van der Waals surface area contributed by atoms with Gasteiger partial charge in [0.1, 0.15) is 0 Å². The monoisotopic (exact) mass is 183 g/mol. The van der Waals surface area contributed by atoms with Gasteiger partial charge in [-0.1, -0.05) is 30.3 Å². The number of benzene rings is 1. The van der Waals surface area contributed by atoms with Crippen molar-refractivity contribution in [1.82, 2.24) is 5.32 Å². The molecule has 0 spiro atoms. The van der Waals surface area contributed by atoms with Crippen LogP contribution in [0.3, 0.4) is 0 Å². The van der Waals surface area contributed by atoms with Gasteiger partial charge in [-0.05, 0) is 18.4 Å². The number of rotatable bonds is 3. The first-order valence-electron chi connectivity index (χ1n) is 4.22. The van der Waals surface area contributed by atoms with E-state index in [0.717, 1.165) is 12.6 Å². The van der Waals surface area contributed by atoms with E-state index in [-0.39, 0.29) is 12.4 Å². The largest absolute Gasteiger partial charge is 0.310 e. The zero-order valence-corrected chi connectivity index (χ0v) is 7.81. The molecule has 1 saturated carbocycles. The molecule has 1 N–H and O–H groups in total. The van der Waals surface area contributed by atoms with Crippen LogP contribution in [0.1, 0.15) is 18.4 Å². The van der Waals surface area contributed by atoms with E-state index in [9.17, 15) is 0 Å². The van der Waals surface area contributed by atoms with Crippen molar-refractivity contribution in [2.24, 2.45) is 0 Å². The third-order valence-electron chi connectivity index (χ3n) is 2.02. The van der Waals surface area contributed by atoms with Gasteiger partial charge in [-0.25, -0.2) is 0 Å². The fourth-order valence-corrected chi connectivity index (χ4v) is 1.15. The van der Waals surface area contributed by atoms with Crippen LogP contribution in [0.4, 0.5) is 0 Å². The molecule has 0 saturated heterocycles. The van der Waals surface area contributed by atoms with Crippen LogP contribution >= 0.6 is 12.4 Å². The molecule has 1 aromatic rings. The fourth-order valence-electron chi connectivity index (χ4n) is 1.15. The minimum atomic E-state index is 0. The van der Waals surface area contributed by atoms with Gasteiger partial charge in [-0.15, -0.1) is 12.4 Å². The Bertz CT molecular complexity index is 219. The van der Waals surface area contributed by atoms with Crippen molar-refractivity contribution in [2.45, 2.75) is 25.4 Å². The molecule has 66 valence electrons. The van der Waals surface area contributed by atoms with Gasteiger partial charge in [0.25, 0.3) is 0 Å². The Hall–Kier alpha value is -0.530. The molecule has 1 aliphatic carbocycles. The normalized spacial score (nSPS) is 15.3. The summed E-state index contributed by atoms with van der Waals surface area (Å²) in [6.07, 6.45) is 2.74. The maximum absolute atomic E-state index is 3.47. The maximum atomic E-state index is 3.47. The van der Waals surface area contributed by atoms with Gasteiger partial charge in [-0.3, -0.25) is 0 Å². The third kappa shape index (κ3) is 2.84. The quantitative estimate of drug-likeness (QED) is 0.759. The molecule has 0 unspecified atom stereocenters. The van der Waals surface area contributed by atoms with E-state index in [1.807, 2.05) is 0 Å². The lowest BCUT2D eigenvalue weighted by atomic mass is 10.2. The van der Waals surface area contributed by atoms with Crippen molar-refractivity contribution < 1.29 is 0 Å². The van der Waals surface area contributed by atoms with Crippen LogP contribution in [-0.4, -0.2) is 6.04 Å². The summed E-state index contributed by atoms with van der Waals surface area (Å²) in [5.41, 5.74) is 1.39. The summed E-state index contributed by atoms with van der Waals surface area (Å²) >= 11 is 0. The first kappa shape index (κ1) is 9.56. The van der Waals surface area contributed by atoms with Crippen LogP contribution in [0.25, 0.3) is 0 Å². The van der Waals surface area contributed by atoms with Gasteiger partial charge < -0.3 is 5.32 Å². The molecule has 1 fully saturated rings. The molecule has 0 heterocycles. The van der Waals surface area contributed by atoms with Crippen LogP contribution in [-0.2, 0) is 6.54 Å². The minimum Gasteiger partial charge on any atom is -0.310 e. The van der Waals surface area contributed by atoms with Gasteiger partial charge in [0, 0.05) is 12.6 Å². The second-order valence-electron chi connectivity index (χ2n) is 3.14. The molecule has 0 atom stereocenters. The number of hydrogen-bond donors (Lipinski definition) is 1. The maximum Gasteiger partial charge on any atom is 0.0208 e. The summed E-state index contributed by atoms with van der Waals surface area (Å²) in [5, 5.41) is 3.47. The standard InChI is InChI=1S/C10H13N.ClH/c1-2-4-9(5-3-1)8-11-10-6-7-10;/h1-5,10-11H,6-8H2;1H. The summed E-state index contributed by atoms with van der Waals surface area (Å²) in [4.78, 5) is 0. The lowest BCUT2D eigenvalue weighted by Crippen LogP contribution is -2.14. The Kier molecular flexibility index (Phi) is 3.57. The highest BCUT2D eigenvalue weighted by Crippen LogP contribution is 2.19. The van der Waals surface area contributed by atoms with Crippen LogP contribution < -0.4 is 5.32 Å². The molecule has 1 aromatic carbocycles. The molecular formula is C10H14ClN. The number of halogens is 1. The second-order valence-corrected chi connectivity index (χ2v) is 3.14. The SMILES string of the molecule is Cl.c1ccc(CNC2CC2)cc1. The predicted molar refractivity (Wildman–Crippen MR) is 53.6 cm³/mol. The van der Waals surface area contributed by atoms with Crippen LogP contribution in [0.2, 0.25) is 0 Å². The Morgan fingerprint density at radius 3 is 2.42 bits per heavy atom. The molecule has 0 amide bonds. The first-order valence-corrected chi connectivity index (χ1v) is 4.22. The highest BCUT2D eigenvalue weighted by atomic mass is 35.5. The lowest BCUT2D eigenvalue weighted by molar-refractivity contribution is 0.688. The van der Waals surface area contributed by atoms with E-state index in [0.29, 0.717) is 0 Å². The van der Waals surface area contributed by atoms with E-state index in [4.69, 9.17) is 0 Å². The Morgan fingerprint density at radius 2 is 1.83 bits per heavy atom. The van der Waals surface area contributed by atoms with Gasteiger partial charge in [0.05, 0.1) is 0 Å². The molecule has 0 aromatic heterocycles. The average Bonchev–Trinajstić information content (AvgIpc) is 2.86. The Morgan fingerprint density at radius 1 is 1.17 bits per heavy atom. The van der Waals surface area contributed by atoms with Gasteiger partial charge >= 0.3 is 0 Å². The molecule has 1 nitrogen and oxygen atoms in total. The number of nitrogens with one attached hydrogen (secondary N) is 1. The zero-order chi connectivity index (χ0) is 7.52. The van der Waals surface area contributed by atoms with Crippen molar-refractivity contribution in [3.05, 3.63) is 35.9 Å². The van der Waals surface area contributed by atoms with E-state index in [1.165, 1.54) is 18.4 Å². The summed E-state index contributed by atoms with van der Waals surface area (Å²) in [6.45, 7) is 1.03. The molecule has 0 radical (unpaired) electrons. The van der Waals surface area contributed by atoms with Crippen molar-refractivity contribution >= 4 is 12.4 Å². The van der Waals surface area contributed by atoms with Crippen molar-refractivity contribution in [3.8, 4) is 0 Å². The molecule has 0 bridgehead atoms. The van der Waals surface area contributed by atoms with Gasteiger partial charge in [-0.2, -0.15) is 0 Å². The summed E-state index contributed by atoms with van der Waals surface area (Å²) < 4.78 is 0. The Balaban J connectivity index is 0.000000720. The van der Waals surface area contributed by atoms with Crippen LogP contribution in [0.5, 0.6) is 0 Å². The fraction of sp³-hybridized carbons (Fsp3) is 0.400. The Labute approximate surface area is 79.6 Å². The van der Waals surface area contributed by atoms with Crippen molar-refractivity contribution in [3.63, 3.8) is 0 Å². The second kappa shape index (κ2) is 4.48. The van der Waals surface area contributed by atoms with E-state index in [2.05, 4.69) is 35.6 Å². The molecule has 1 aliphatic rings.